The van der Waals surface area contributed by atoms with Gasteiger partial charge in [-0.15, -0.1) is 0 Å². The van der Waals surface area contributed by atoms with Crippen molar-refractivity contribution in [1.82, 2.24) is 4.98 Å². The van der Waals surface area contributed by atoms with E-state index in [1.165, 1.54) is 11.3 Å². The quantitative estimate of drug-likeness (QED) is 0.842. The second-order valence-corrected chi connectivity index (χ2v) is 4.66. The summed E-state index contributed by atoms with van der Waals surface area (Å²) < 4.78 is 4.62. The summed E-state index contributed by atoms with van der Waals surface area (Å²) >= 11 is 6.97. The van der Waals surface area contributed by atoms with Crippen LogP contribution in [0.5, 0.6) is 5.06 Å². The van der Waals surface area contributed by atoms with Crippen LogP contribution >= 0.6 is 22.9 Å². The Morgan fingerprint density at radius 2 is 2.06 bits per heavy atom. The summed E-state index contributed by atoms with van der Waals surface area (Å²) in [7, 11) is 0. The third-order valence-corrected chi connectivity index (χ3v) is 3.36. The number of rotatable bonds is 2. The third kappa shape index (κ3) is 2.75. The van der Waals surface area contributed by atoms with E-state index in [4.69, 9.17) is 16.7 Å². The number of carboxylic acid groups (broad SMARTS) is 1. The second-order valence-electron chi connectivity index (χ2n) is 3.27. The molecule has 2 rings (SSSR count). The van der Waals surface area contributed by atoms with Crippen molar-refractivity contribution in [2.24, 2.45) is 0 Å². The van der Waals surface area contributed by atoms with E-state index < -0.39 is 6.16 Å². The monoisotopic (exact) mass is 269 g/mol. The van der Waals surface area contributed by atoms with Gasteiger partial charge in [-0.05, 0) is 19.1 Å². The van der Waals surface area contributed by atoms with Gasteiger partial charge in [0, 0.05) is 10.6 Å². The molecule has 6 heteroatoms. The summed E-state index contributed by atoms with van der Waals surface area (Å²) in [6, 6.07) is 7.16. The highest BCUT2D eigenvalue weighted by Crippen LogP contribution is 2.33. The van der Waals surface area contributed by atoms with Gasteiger partial charge in [0.25, 0.3) is 0 Å². The fraction of sp³-hybridized carbons (Fsp3) is 0.0909. The lowest BCUT2D eigenvalue weighted by Gasteiger charge is -1.95. The molecule has 0 radical (unpaired) electrons. The summed E-state index contributed by atoms with van der Waals surface area (Å²) in [5.41, 5.74) is 1.44. The van der Waals surface area contributed by atoms with Gasteiger partial charge in [-0.1, -0.05) is 35.1 Å². The van der Waals surface area contributed by atoms with E-state index in [9.17, 15) is 4.79 Å². The van der Waals surface area contributed by atoms with Crippen LogP contribution in [-0.2, 0) is 0 Å². The molecule has 2 aromatic rings. The molecule has 0 saturated heterocycles. The van der Waals surface area contributed by atoms with Crippen molar-refractivity contribution in [3.8, 4) is 15.6 Å². The Kier molecular flexibility index (Phi) is 3.31. The lowest BCUT2D eigenvalue weighted by molar-refractivity contribution is 0.145. The van der Waals surface area contributed by atoms with Crippen molar-refractivity contribution in [2.45, 2.75) is 6.92 Å². The van der Waals surface area contributed by atoms with Gasteiger partial charge >= 0.3 is 6.16 Å². The smallest absolute Gasteiger partial charge is 0.449 e. The van der Waals surface area contributed by atoms with Gasteiger partial charge in [0.05, 0.1) is 5.69 Å². The number of aryl methyl sites for hydroxylation is 1. The number of hydrogen-bond donors (Lipinski definition) is 1. The van der Waals surface area contributed by atoms with Crippen LogP contribution in [0.2, 0.25) is 5.02 Å². The van der Waals surface area contributed by atoms with Gasteiger partial charge in [0.2, 0.25) is 5.06 Å². The van der Waals surface area contributed by atoms with Gasteiger partial charge < -0.3 is 9.84 Å². The van der Waals surface area contributed by atoms with Crippen LogP contribution in [0.15, 0.2) is 24.3 Å². The maximum atomic E-state index is 10.5. The van der Waals surface area contributed by atoms with Crippen LogP contribution in [0, 0.1) is 6.92 Å². The van der Waals surface area contributed by atoms with Crippen molar-refractivity contribution in [1.29, 1.82) is 0 Å². The van der Waals surface area contributed by atoms with Crippen LogP contribution in [0.4, 0.5) is 4.79 Å². The minimum Gasteiger partial charge on any atom is -0.449 e. The Hall–Kier alpha value is -1.59. The molecule has 1 heterocycles. The zero-order valence-corrected chi connectivity index (χ0v) is 10.4. The first kappa shape index (κ1) is 11.9. The molecule has 0 aliphatic rings. The number of carbonyl (C=O) groups is 1. The zero-order chi connectivity index (χ0) is 12.4. The molecule has 0 atom stereocenters. The van der Waals surface area contributed by atoms with E-state index >= 15 is 0 Å². The number of nitrogens with zero attached hydrogens (tertiary/aromatic N) is 1. The fourth-order valence-electron chi connectivity index (χ4n) is 1.27. The van der Waals surface area contributed by atoms with Crippen molar-refractivity contribution in [3.05, 3.63) is 35.0 Å². The Labute approximate surface area is 106 Å². The molecule has 1 aromatic carbocycles. The molecule has 17 heavy (non-hydrogen) atoms. The van der Waals surface area contributed by atoms with E-state index in [1.807, 2.05) is 12.1 Å². The maximum Gasteiger partial charge on any atom is 0.512 e. The normalized spacial score (nSPS) is 10.2. The highest BCUT2D eigenvalue weighted by Gasteiger charge is 2.13. The average Bonchev–Trinajstić information content (AvgIpc) is 2.60. The van der Waals surface area contributed by atoms with Crippen molar-refractivity contribution < 1.29 is 14.6 Å². The van der Waals surface area contributed by atoms with E-state index in [0.29, 0.717) is 20.8 Å². The summed E-state index contributed by atoms with van der Waals surface area (Å²) in [6.45, 7) is 1.70. The topological polar surface area (TPSA) is 59.4 Å². The predicted octanol–water partition coefficient (Wildman–Crippen LogP) is 3.83. The summed E-state index contributed by atoms with van der Waals surface area (Å²) in [5.74, 6) is 0. The SMILES string of the molecule is Cc1nc(-c2ccc(Cl)cc2)sc1OC(=O)O. The van der Waals surface area contributed by atoms with Gasteiger partial charge in [-0.3, -0.25) is 0 Å². The standard InChI is InChI=1S/C11H8ClNO3S/c1-6-10(16-11(14)15)17-9(13-6)7-2-4-8(12)5-3-7/h2-5H,1H3,(H,14,15). The van der Waals surface area contributed by atoms with Crippen molar-refractivity contribution in [3.63, 3.8) is 0 Å². The Balaban J connectivity index is 2.34. The van der Waals surface area contributed by atoms with Gasteiger partial charge in [-0.2, -0.15) is 0 Å². The number of thiazole rings is 1. The first-order valence-electron chi connectivity index (χ1n) is 4.70. The van der Waals surface area contributed by atoms with E-state index in [1.54, 1.807) is 19.1 Å². The molecule has 0 unspecified atom stereocenters. The molecule has 0 bridgehead atoms. The number of benzene rings is 1. The minimum atomic E-state index is -1.33. The Morgan fingerprint density at radius 1 is 1.41 bits per heavy atom. The number of halogens is 1. The lowest BCUT2D eigenvalue weighted by atomic mass is 10.2. The third-order valence-electron chi connectivity index (χ3n) is 2.03. The van der Waals surface area contributed by atoms with Gasteiger partial charge in [0.1, 0.15) is 5.01 Å². The first-order valence-corrected chi connectivity index (χ1v) is 5.90. The predicted molar refractivity (Wildman–Crippen MR) is 65.9 cm³/mol. The summed E-state index contributed by atoms with van der Waals surface area (Å²) in [4.78, 5) is 14.7. The molecule has 0 aliphatic heterocycles. The van der Waals surface area contributed by atoms with E-state index in [0.717, 1.165) is 5.56 Å². The molecule has 1 N–H and O–H groups in total. The fourth-order valence-corrected chi connectivity index (χ4v) is 2.32. The maximum absolute atomic E-state index is 10.5. The summed E-state index contributed by atoms with van der Waals surface area (Å²) in [6.07, 6.45) is -1.33. The molecule has 1 aromatic heterocycles. The molecule has 88 valence electrons. The number of aromatic nitrogens is 1. The van der Waals surface area contributed by atoms with Crippen molar-refractivity contribution in [2.75, 3.05) is 0 Å². The Morgan fingerprint density at radius 3 is 2.65 bits per heavy atom. The second kappa shape index (κ2) is 4.73. The average molecular weight is 270 g/mol. The Bertz CT molecular complexity index is 550. The van der Waals surface area contributed by atoms with Crippen LogP contribution in [-0.4, -0.2) is 16.2 Å². The molecule has 0 aliphatic carbocycles. The van der Waals surface area contributed by atoms with Crippen molar-refractivity contribution >= 4 is 29.1 Å². The summed E-state index contributed by atoms with van der Waals surface area (Å²) in [5, 5.41) is 10.2. The molecular weight excluding hydrogens is 262 g/mol. The van der Waals surface area contributed by atoms with Gasteiger partial charge in [-0.25, -0.2) is 9.78 Å². The highest BCUT2D eigenvalue weighted by atomic mass is 35.5. The molecular formula is C11H8ClNO3S. The highest BCUT2D eigenvalue weighted by molar-refractivity contribution is 7.17. The molecule has 0 spiro atoms. The molecule has 4 nitrogen and oxygen atoms in total. The van der Waals surface area contributed by atoms with Crippen LogP contribution in [0.1, 0.15) is 5.69 Å². The van der Waals surface area contributed by atoms with Crippen LogP contribution in [0.3, 0.4) is 0 Å². The largest absolute Gasteiger partial charge is 0.512 e. The van der Waals surface area contributed by atoms with E-state index in [2.05, 4.69) is 9.72 Å². The molecule has 0 fully saturated rings. The van der Waals surface area contributed by atoms with E-state index in [-0.39, 0.29) is 0 Å². The van der Waals surface area contributed by atoms with Gasteiger partial charge in [0.15, 0.2) is 0 Å². The first-order chi connectivity index (χ1) is 8.06. The van der Waals surface area contributed by atoms with Crippen LogP contribution in [0.25, 0.3) is 10.6 Å². The van der Waals surface area contributed by atoms with Crippen LogP contribution < -0.4 is 4.74 Å². The number of hydrogen-bond acceptors (Lipinski definition) is 4. The number of ether oxygens (including phenoxy) is 1. The lowest BCUT2D eigenvalue weighted by Crippen LogP contribution is -2.02. The minimum absolute atomic E-state index is 0.294. The zero-order valence-electron chi connectivity index (χ0n) is 8.81. The molecule has 0 amide bonds. The molecule has 0 saturated carbocycles.